The zero-order chi connectivity index (χ0) is 11.5. The summed E-state index contributed by atoms with van der Waals surface area (Å²) in [6.45, 7) is 0. The largest absolute Gasteiger partial charge is 0.744 e. The van der Waals surface area contributed by atoms with Gasteiger partial charge in [0.25, 0.3) is 0 Å². The maximum absolute atomic E-state index is 10.7. The molecule has 0 spiro atoms. The molecule has 0 aliphatic carbocycles. The average molecular weight is 244 g/mol. The number of hydrogen-bond acceptors (Lipinski definition) is 3. The van der Waals surface area contributed by atoms with Crippen LogP contribution in [0.5, 0.6) is 0 Å². The Labute approximate surface area is 92.9 Å². The van der Waals surface area contributed by atoms with Crippen molar-refractivity contribution in [3.8, 4) is 0 Å². The molecule has 0 saturated heterocycles. The van der Waals surface area contributed by atoms with Gasteiger partial charge in [-0.2, -0.15) is 0 Å². The predicted molar refractivity (Wildman–Crippen MR) is 63.3 cm³/mol. The molecule has 0 fully saturated rings. The lowest BCUT2D eigenvalue weighted by atomic mass is 10.2. The van der Waals surface area contributed by atoms with Crippen molar-refractivity contribution in [2.45, 2.75) is 0 Å². The van der Waals surface area contributed by atoms with Crippen LogP contribution in [-0.4, -0.2) is 25.5 Å². The molecule has 0 aliphatic rings. The van der Waals surface area contributed by atoms with Gasteiger partial charge in [-0.25, -0.2) is 8.42 Å². The Bertz CT molecular complexity index is 447. The second-order valence-electron chi connectivity index (χ2n) is 3.16. The van der Waals surface area contributed by atoms with E-state index in [1.165, 1.54) is 0 Å². The highest BCUT2D eigenvalue weighted by molar-refractivity contribution is 8.05. The van der Waals surface area contributed by atoms with Gasteiger partial charge in [-0.05, 0) is 12.1 Å². The first-order valence-electron chi connectivity index (χ1n) is 4.21. The van der Waals surface area contributed by atoms with Crippen molar-refractivity contribution in [1.29, 1.82) is 0 Å². The first-order chi connectivity index (χ1) is 6.90. The Morgan fingerprint density at radius 1 is 1.27 bits per heavy atom. The zero-order valence-corrected chi connectivity index (χ0v) is 10.1. The predicted octanol–water partition coefficient (Wildman–Crippen LogP) is 1.41. The Hall–Kier alpha value is -0.780. The summed E-state index contributed by atoms with van der Waals surface area (Å²) in [4.78, 5) is 0.575. The second kappa shape index (κ2) is 4.83. The normalized spacial score (nSPS) is 13.2. The van der Waals surface area contributed by atoms with Crippen molar-refractivity contribution >= 4 is 25.9 Å². The molecule has 0 saturated carbocycles. The lowest BCUT2D eigenvalue weighted by Gasteiger charge is -2.05. The lowest BCUT2D eigenvalue weighted by Crippen LogP contribution is -2.03. The number of hydrogen-bond donors (Lipinski definition) is 0. The van der Waals surface area contributed by atoms with E-state index in [2.05, 4.69) is 0 Å². The maximum Gasteiger partial charge on any atom is 0.171 e. The SMILES string of the molecule is C[S+](C)C(=CS(=O)(=O)[O-])c1ccccc1. The van der Waals surface area contributed by atoms with Crippen LogP contribution in [0.15, 0.2) is 35.7 Å². The van der Waals surface area contributed by atoms with Crippen LogP contribution < -0.4 is 0 Å². The summed E-state index contributed by atoms with van der Waals surface area (Å²) in [5.41, 5.74) is 0.783. The van der Waals surface area contributed by atoms with Crippen molar-refractivity contribution < 1.29 is 13.0 Å². The fraction of sp³-hybridized carbons (Fsp3) is 0.200. The van der Waals surface area contributed by atoms with Gasteiger partial charge in [-0.15, -0.1) is 0 Å². The van der Waals surface area contributed by atoms with Crippen LogP contribution in [0.4, 0.5) is 0 Å². The third kappa shape index (κ3) is 4.07. The van der Waals surface area contributed by atoms with E-state index in [0.29, 0.717) is 4.91 Å². The molecule has 1 aromatic rings. The minimum atomic E-state index is -4.32. The summed E-state index contributed by atoms with van der Waals surface area (Å²) >= 11 is 0. The first-order valence-corrected chi connectivity index (χ1v) is 7.72. The van der Waals surface area contributed by atoms with Gasteiger partial charge in [-0.3, -0.25) is 0 Å². The highest BCUT2D eigenvalue weighted by Gasteiger charge is 2.16. The molecule has 3 nitrogen and oxygen atoms in total. The van der Waals surface area contributed by atoms with Gasteiger partial charge in [0, 0.05) is 16.5 Å². The minimum absolute atomic E-state index is 0.269. The van der Waals surface area contributed by atoms with Crippen LogP contribution in [0.25, 0.3) is 4.91 Å². The van der Waals surface area contributed by atoms with Gasteiger partial charge in [0.2, 0.25) is 0 Å². The summed E-state index contributed by atoms with van der Waals surface area (Å²) in [5.74, 6) is 0. The third-order valence-electron chi connectivity index (χ3n) is 1.75. The van der Waals surface area contributed by atoms with E-state index in [1.807, 2.05) is 30.7 Å². The van der Waals surface area contributed by atoms with Crippen LogP contribution in [0, 0.1) is 0 Å². The van der Waals surface area contributed by atoms with Crippen LogP contribution in [0.1, 0.15) is 5.56 Å². The quantitative estimate of drug-likeness (QED) is 0.596. The molecular formula is C10H12O3S2. The van der Waals surface area contributed by atoms with Gasteiger partial charge >= 0.3 is 0 Å². The number of benzene rings is 1. The van der Waals surface area contributed by atoms with E-state index in [9.17, 15) is 13.0 Å². The average Bonchev–Trinajstić information content (AvgIpc) is 2.14. The zero-order valence-electron chi connectivity index (χ0n) is 8.51. The molecule has 0 N–H and O–H groups in total. The van der Waals surface area contributed by atoms with Gasteiger partial charge in [0.05, 0.1) is 5.41 Å². The van der Waals surface area contributed by atoms with E-state index < -0.39 is 10.1 Å². The van der Waals surface area contributed by atoms with E-state index in [0.717, 1.165) is 11.0 Å². The first kappa shape index (κ1) is 12.3. The fourth-order valence-corrected chi connectivity index (χ4v) is 3.26. The maximum atomic E-state index is 10.7. The van der Waals surface area contributed by atoms with Gasteiger partial charge in [-0.1, -0.05) is 18.2 Å². The summed E-state index contributed by atoms with van der Waals surface area (Å²) in [6, 6.07) is 9.06. The Kier molecular flexibility index (Phi) is 3.96. The molecule has 0 atom stereocenters. The molecule has 82 valence electrons. The summed E-state index contributed by atoms with van der Waals surface area (Å²) in [7, 11) is -4.59. The van der Waals surface area contributed by atoms with Gasteiger partial charge < -0.3 is 4.55 Å². The monoisotopic (exact) mass is 244 g/mol. The molecule has 1 rings (SSSR count). The Morgan fingerprint density at radius 3 is 2.20 bits per heavy atom. The Morgan fingerprint density at radius 2 is 1.80 bits per heavy atom. The molecule has 0 heterocycles. The van der Waals surface area contributed by atoms with Crippen LogP contribution in [0.2, 0.25) is 0 Å². The van der Waals surface area contributed by atoms with Gasteiger partial charge in [0.15, 0.2) is 4.91 Å². The highest BCUT2D eigenvalue weighted by Crippen LogP contribution is 2.21. The lowest BCUT2D eigenvalue weighted by molar-refractivity contribution is 0.474. The molecule has 0 amide bonds. The summed E-state index contributed by atoms with van der Waals surface area (Å²) in [5, 5.41) is 0.811. The highest BCUT2D eigenvalue weighted by atomic mass is 32.2. The van der Waals surface area contributed by atoms with E-state index in [1.54, 1.807) is 12.1 Å². The standard InChI is InChI=1S/C10H12O3S2/c1-14(2)10(8-15(11,12)13)9-6-4-3-5-7-9/h3-8H,1-2H3. The van der Waals surface area contributed by atoms with Crippen molar-refractivity contribution in [3.05, 3.63) is 41.3 Å². The smallest absolute Gasteiger partial charge is 0.171 e. The fourth-order valence-electron chi connectivity index (χ4n) is 1.13. The van der Waals surface area contributed by atoms with Crippen molar-refractivity contribution in [2.24, 2.45) is 0 Å². The molecule has 0 aromatic heterocycles. The summed E-state index contributed by atoms with van der Waals surface area (Å²) in [6.07, 6.45) is 3.76. The van der Waals surface area contributed by atoms with Crippen molar-refractivity contribution in [2.75, 3.05) is 12.5 Å². The van der Waals surface area contributed by atoms with Crippen molar-refractivity contribution in [1.82, 2.24) is 0 Å². The molecule has 5 heteroatoms. The van der Waals surface area contributed by atoms with E-state index >= 15 is 0 Å². The van der Waals surface area contributed by atoms with E-state index in [4.69, 9.17) is 0 Å². The molecule has 0 unspecified atom stereocenters. The van der Waals surface area contributed by atoms with Crippen molar-refractivity contribution in [3.63, 3.8) is 0 Å². The molecule has 1 aromatic carbocycles. The molecule has 0 radical (unpaired) electrons. The molecular weight excluding hydrogens is 232 g/mol. The van der Waals surface area contributed by atoms with Gasteiger partial charge in [0.1, 0.15) is 22.6 Å². The third-order valence-corrected chi connectivity index (χ3v) is 3.66. The Balaban J connectivity index is 3.22. The minimum Gasteiger partial charge on any atom is -0.744 e. The molecule has 0 aliphatic heterocycles. The van der Waals surface area contributed by atoms with Crippen LogP contribution in [-0.2, 0) is 21.0 Å². The van der Waals surface area contributed by atoms with Crippen LogP contribution >= 0.6 is 0 Å². The second-order valence-corrected chi connectivity index (χ2v) is 6.45. The summed E-state index contributed by atoms with van der Waals surface area (Å²) < 4.78 is 32.1. The molecule has 15 heavy (non-hydrogen) atoms. The van der Waals surface area contributed by atoms with E-state index in [-0.39, 0.29) is 10.9 Å². The topological polar surface area (TPSA) is 57.2 Å². The number of rotatable bonds is 3. The molecule has 0 bridgehead atoms. The van der Waals surface area contributed by atoms with Crippen LogP contribution in [0.3, 0.4) is 0 Å².